The number of morpholine rings is 1. The molecule has 113 heavy (non-hydrogen) atoms. The van der Waals surface area contributed by atoms with Crippen LogP contribution in [0.5, 0.6) is 0 Å². The molecule has 0 spiro atoms. The molecule has 9 aromatic heterocycles. The summed E-state index contributed by atoms with van der Waals surface area (Å²) in [4.78, 5) is 130. The Morgan fingerprint density at radius 1 is 0.487 bits per heavy atom. The zero-order valence-electron chi connectivity index (χ0n) is 64.3. The number of benzene rings is 3. The number of hydrogen-bond donors (Lipinski definition) is 6. The van der Waals surface area contributed by atoms with Gasteiger partial charge in [0.05, 0.1) is 78.7 Å². The molecule has 32 nitrogen and oxygen atoms in total. The average Bonchev–Trinajstić information content (AvgIpc) is 1.69. The molecule has 6 N–H and O–H groups in total. The number of rotatable bonds is 19. The van der Waals surface area contributed by atoms with Crippen LogP contribution in [0, 0.1) is 0 Å². The van der Waals surface area contributed by atoms with Gasteiger partial charge in [0.25, 0.3) is 0 Å². The molecule has 5 amide bonds. The smallest absolute Gasteiger partial charge is 0.413 e. The molecule has 3 saturated heterocycles. The van der Waals surface area contributed by atoms with E-state index in [1.54, 1.807) is 68.8 Å². The van der Waals surface area contributed by atoms with Crippen LogP contribution in [0.1, 0.15) is 72.3 Å². The lowest BCUT2D eigenvalue weighted by molar-refractivity contribution is -0.138. The molecule has 15 rings (SSSR count). The van der Waals surface area contributed by atoms with Crippen molar-refractivity contribution in [3.05, 3.63) is 170 Å². The second-order valence-electron chi connectivity index (χ2n) is 28.1. The highest BCUT2D eigenvalue weighted by molar-refractivity contribution is 6.00. The quantitative estimate of drug-likeness (QED) is 0.0410. The summed E-state index contributed by atoms with van der Waals surface area (Å²) in [7, 11) is 0. The maximum Gasteiger partial charge on any atom is 0.413 e. The zero-order chi connectivity index (χ0) is 79.0. The molecule has 12 heterocycles. The first kappa shape index (κ1) is 78.3. The summed E-state index contributed by atoms with van der Waals surface area (Å²) in [6.07, 6.45) is 13.8. The molecule has 3 fully saturated rings. The van der Waals surface area contributed by atoms with Crippen molar-refractivity contribution in [2.24, 2.45) is 0 Å². The van der Waals surface area contributed by atoms with E-state index < -0.39 is 23.9 Å². The predicted octanol–water partition coefficient (Wildman–Crippen LogP) is 12.5. The molecule has 0 saturated carbocycles. The highest BCUT2D eigenvalue weighted by Gasteiger charge is 2.29. The third-order valence-electron chi connectivity index (χ3n) is 18.5. The van der Waals surface area contributed by atoms with Gasteiger partial charge < -0.3 is 48.4 Å². The summed E-state index contributed by atoms with van der Waals surface area (Å²) in [5, 5.41) is 7.89. The van der Waals surface area contributed by atoms with Crippen LogP contribution < -0.4 is 16.0 Å². The van der Waals surface area contributed by atoms with Gasteiger partial charge in [0.2, 0.25) is 23.8 Å². The number of carbonyl (C=O) groups excluding carboxylic acids is 5. The summed E-state index contributed by atoms with van der Waals surface area (Å²) in [6.45, 7) is 25.9. The van der Waals surface area contributed by atoms with Crippen molar-refractivity contribution >= 4 is 81.2 Å². The average molecular weight is 1530 g/mol. The van der Waals surface area contributed by atoms with Gasteiger partial charge in [0.1, 0.15) is 16.6 Å². The van der Waals surface area contributed by atoms with E-state index in [1.165, 1.54) is 5.56 Å². The Morgan fingerprint density at radius 3 is 1.41 bits per heavy atom. The number of hydrogen-bond acceptors (Lipinski definition) is 24. The van der Waals surface area contributed by atoms with Gasteiger partial charge in [0.15, 0.2) is 11.6 Å². The molecule has 0 unspecified atom stereocenters. The number of imidazole rings is 3. The first-order chi connectivity index (χ1) is 54.8. The standard InChI is InChI=1S/C29H34N8O4.C27H30N8O3.C25H26N6O3/c1-5-40-27(38)35-26-33-23-16-20(15-22(24(23)34-26)25-30-9-6-10-31-25)19-7-8-21(32-17-19)18-36-11-13-37(14-12-36)28(39)41-29(2,3)4;1-4-38-27(37)33-26-31-22-13-19(12-21(24(22)32-26)25-28-8-5-9-29-25)18-6-7-20(30-14-18)15-34-10-11-35(17(2)3)23(36)16-34;1-2-34-25(32)30-24-28-22-14-19(18-4-3-6-26-15-18)13-20(23(22)29-24)21-12-17(5-7-27-21)16-31-8-10-33-11-9-31/h6-10,15-17H,5,11-14,18H2,1-4H3,(H2,33,34,35,38);5-9,12-14,17H,4,10-11,15-16H2,1-3H3,(H2,31,32,33,37);3-7,12-15H,2,8-11,16H2,1H3,(H2,28,29,30,32). The van der Waals surface area contributed by atoms with Crippen LogP contribution in [0.4, 0.5) is 37.0 Å². The monoisotopic (exact) mass is 1530 g/mol. The molecule has 0 bridgehead atoms. The normalized spacial score (nSPS) is 14.3. The van der Waals surface area contributed by atoms with Crippen molar-refractivity contribution in [1.29, 1.82) is 0 Å². The maximum atomic E-state index is 12.4. The van der Waals surface area contributed by atoms with Gasteiger partial charge in [0, 0.05) is 167 Å². The Bertz CT molecular complexity index is 5260. The molecule has 0 radical (unpaired) electrons. The third kappa shape index (κ3) is 20.4. The number of nitrogens with one attached hydrogen (secondary N) is 6. The predicted molar refractivity (Wildman–Crippen MR) is 426 cm³/mol. The summed E-state index contributed by atoms with van der Waals surface area (Å²) in [5.41, 5.74) is 15.4. The molecule has 3 aliphatic heterocycles. The molecule has 3 aromatic carbocycles. The lowest BCUT2D eigenvalue weighted by Gasteiger charge is -2.36. The minimum absolute atomic E-state index is 0.156. The SMILES string of the molecule is CCOC(=O)Nc1nc2c(-c3cc(CN4CCOCC4)ccn3)cc(-c3cccnc3)cc2[nH]1.CCOC(=O)Nc1nc2c(-c3ncccn3)cc(-c3ccc(CN4CCN(C(=O)OC(C)(C)C)CC4)nc3)cc2[nH]1.CCOC(=O)Nc1nc2c(-c3ncccn3)cc(-c3ccc(CN4CCN(C(C)C)C(=O)C4)nc3)cc2[nH]1. The van der Waals surface area contributed by atoms with Crippen molar-refractivity contribution in [3.63, 3.8) is 0 Å². The van der Waals surface area contributed by atoms with Crippen LogP contribution in [0.15, 0.2) is 153 Å². The first-order valence-corrected chi connectivity index (χ1v) is 37.5. The van der Waals surface area contributed by atoms with Crippen molar-refractivity contribution < 1.29 is 47.7 Å². The maximum absolute atomic E-state index is 12.4. The summed E-state index contributed by atoms with van der Waals surface area (Å²) >= 11 is 0. The van der Waals surface area contributed by atoms with Gasteiger partial charge in [-0.3, -0.25) is 55.4 Å². The fourth-order valence-electron chi connectivity index (χ4n) is 13.2. The largest absolute Gasteiger partial charge is 0.450 e. The number of carbonyl (C=O) groups is 5. The molecule has 584 valence electrons. The van der Waals surface area contributed by atoms with Crippen molar-refractivity contribution in [2.75, 3.05) is 108 Å². The van der Waals surface area contributed by atoms with E-state index in [-0.39, 0.29) is 49.8 Å². The van der Waals surface area contributed by atoms with Crippen LogP contribution >= 0.6 is 0 Å². The van der Waals surface area contributed by atoms with Gasteiger partial charge in [-0.2, -0.15) is 0 Å². The molecular weight excluding hydrogens is 1440 g/mol. The fourth-order valence-corrected chi connectivity index (χ4v) is 13.2. The van der Waals surface area contributed by atoms with Crippen molar-refractivity contribution in [3.8, 4) is 67.4 Å². The number of aromatic nitrogens is 14. The van der Waals surface area contributed by atoms with Crippen LogP contribution in [0.2, 0.25) is 0 Å². The molecule has 0 atom stereocenters. The van der Waals surface area contributed by atoms with Gasteiger partial charge in [-0.05, 0) is 157 Å². The van der Waals surface area contributed by atoms with Gasteiger partial charge in [-0.1, -0.05) is 18.2 Å². The summed E-state index contributed by atoms with van der Waals surface area (Å²) in [5.74, 6) is 2.05. The summed E-state index contributed by atoms with van der Waals surface area (Å²) in [6, 6.07) is 31.7. The van der Waals surface area contributed by atoms with Crippen LogP contribution in [0.3, 0.4) is 0 Å². The van der Waals surface area contributed by atoms with E-state index in [4.69, 9.17) is 28.7 Å². The Balaban J connectivity index is 0.000000149. The third-order valence-corrected chi connectivity index (χ3v) is 18.5. The van der Waals surface area contributed by atoms with E-state index in [1.807, 2.05) is 137 Å². The number of ether oxygens (including phenoxy) is 5. The topological polar surface area (TPSA) is 373 Å². The number of H-pyrrole nitrogens is 3. The molecular formula is C81H90N22O10. The lowest BCUT2D eigenvalue weighted by Crippen LogP contribution is -2.52. The second-order valence-corrected chi connectivity index (χ2v) is 28.1. The first-order valence-electron chi connectivity index (χ1n) is 37.5. The number of nitrogens with zero attached hydrogens (tertiary/aromatic N) is 16. The highest BCUT2D eigenvalue weighted by Crippen LogP contribution is 2.37. The Hall–Kier alpha value is -12.8. The van der Waals surface area contributed by atoms with Crippen LogP contribution in [0.25, 0.3) is 101 Å². The number of amides is 5. The fraction of sp³-hybridized carbons (Fsp3) is 0.333. The van der Waals surface area contributed by atoms with E-state index in [2.05, 4.69) is 108 Å². The van der Waals surface area contributed by atoms with E-state index >= 15 is 0 Å². The Morgan fingerprint density at radius 2 is 0.956 bits per heavy atom. The number of anilines is 3. The van der Waals surface area contributed by atoms with Crippen LogP contribution in [-0.2, 0) is 48.1 Å². The van der Waals surface area contributed by atoms with Gasteiger partial charge in [-0.25, -0.2) is 54.1 Å². The Labute approximate surface area is 651 Å². The minimum Gasteiger partial charge on any atom is -0.450 e. The zero-order valence-corrected chi connectivity index (χ0v) is 64.3. The molecule has 3 aliphatic rings. The minimum atomic E-state index is -0.588. The van der Waals surface area contributed by atoms with Crippen LogP contribution in [-0.4, -0.2) is 228 Å². The van der Waals surface area contributed by atoms with Crippen molar-refractivity contribution in [1.82, 2.24) is 94.3 Å². The number of pyridine rings is 4. The van der Waals surface area contributed by atoms with E-state index in [9.17, 15) is 24.0 Å². The number of fused-ring (bicyclic) bond motifs is 3. The highest BCUT2D eigenvalue weighted by atomic mass is 16.6. The van der Waals surface area contributed by atoms with Crippen molar-refractivity contribution in [2.45, 2.75) is 86.7 Å². The van der Waals surface area contributed by atoms with E-state index in [0.29, 0.717) is 72.4 Å². The Kier molecular flexibility index (Phi) is 25.2. The summed E-state index contributed by atoms with van der Waals surface area (Å²) < 4.78 is 25.9. The molecule has 0 aliphatic carbocycles. The number of aromatic amines is 3. The van der Waals surface area contributed by atoms with Gasteiger partial charge >= 0.3 is 24.4 Å². The lowest BCUT2D eigenvalue weighted by atomic mass is 10.00. The molecule has 12 aromatic rings. The molecule has 32 heteroatoms. The van der Waals surface area contributed by atoms with E-state index in [0.717, 1.165) is 137 Å². The van der Waals surface area contributed by atoms with Gasteiger partial charge in [-0.15, -0.1) is 0 Å². The number of piperazine rings is 2. The second kappa shape index (κ2) is 36.4.